The molecule has 4 rings (SSSR count). The number of furan rings is 1. The van der Waals surface area contributed by atoms with Gasteiger partial charge in [-0.25, -0.2) is 4.39 Å². The molecule has 0 atom stereocenters. The first-order chi connectivity index (χ1) is 15.5. The number of carbonyl (C=O) groups excluding carboxylic acids is 2. The lowest BCUT2D eigenvalue weighted by molar-refractivity contribution is -0.117. The standard InChI is InChI=1S/C24H26FN3O4/c1-2-31-16-20-19-8-3-4-9-21(19)32-23(20)24(30)28-12-10-27(11-13-28)15-22(29)26-18-7-5-6-17(25)14-18/h3-9,14H,2,10-13,15-16H2,1H3,(H,26,29). The van der Waals surface area contributed by atoms with Gasteiger partial charge in [0.2, 0.25) is 5.91 Å². The number of halogens is 1. The lowest BCUT2D eigenvalue weighted by atomic mass is 10.1. The molecule has 7 nitrogen and oxygen atoms in total. The fraction of sp³-hybridized carbons (Fsp3) is 0.333. The number of benzene rings is 2. The van der Waals surface area contributed by atoms with Crippen LogP contribution in [0.15, 0.2) is 52.9 Å². The monoisotopic (exact) mass is 439 g/mol. The molecule has 3 aromatic rings. The number of para-hydroxylation sites is 1. The Hall–Kier alpha value is -3.23. The molecule has 2 amide bonds. The summed E-state index contributed by atoms with van der Waals surface area (Å²) in [4.78, 5) is 29.2. The second-order valence-electron chi connectivity index (χ2n) is 7.67. The molecular weight excluding hydrogens is 413 g/mol. The molecule has 0 unspecified atom stereocenters. The van der Waals surface area contributed by atoms with Crippen LogP contribution in [0.1, 0.15) is 23.0 Å². The van der Waals surface area contributed by atoms with Crippen LogP contribution in [0.2, 0.25) is 0 Å². The number of amides is 2. The third-order valence-electron chi connectivity index (χ3n) is 5.48. The van der Waals surface area contributed by atoms with Gasteiger partial charge in [-0.3, -0.25) is 14.5 Å². The van der Waals surface area contributed by atoms with E-state index in [4.69, 9.17) is 9.15 Å². The Morgan fingerprint density at radius 2 is 1.88 bits per heavy atom. The van der Waals surface area contributed by atoms with Crippen LogP contribution >= 0.6 is 0 Å². The third-order valence-corrected chi connectivity index (χ3v) is 5.48. The van der Waals surface area contributed by atoms with Crippen molar-refractivity contribution in [2.24, 2.45) is 0 Å². The zero-order valence-corrected chi connectivity index (χ0v) is 18.0. The van der Waals surface area contributed by atoms with E-state index in [0.717, 1.165) is 10.9 Å². The number of anilines is 1. The quantitative estimate of drug-likeness (QED) is 0.610. The minimum atomic E-state index is -0.399. The molecule has 0 spiro atoms. The largest absolute Gasteiger partial charge is 0.451 e. The van der Waals surface area contributed by atoms with Crippen molar-refractivity contribution in [3.05, 3.63) is 65.7 Å². The summed E-state index contributed by atoms with van der Waals surface area (Å²) in [6.07, 6.45) is 0. The lowest BCUT2D eigenvalue weighted by Gasteiger charge is -2.34. The molecule has 0 saturated carbocycles. The van der Waals surface area contributed by atoms with Crippen molar-refractivity contribution in [3.63, 3.8) is 0 Å². The highest BCUT2D eigenvalue weighted by molar-refractivity contribution is 5.99. The Balaban J connectivity index is 1.37. The molecule has 0 aliphatic carbocycles. The number of ether oxygens (including phenoxy) is 1. The van der Waals surface area contributed by atoms with E-state index in [-0.39, 0.29) is 18.4 Å². The molecule has 0 bridgehead atoms. The van der Waals surface area contributed by atoms with Crippen LogP contribution in [0.5, 0.6) is 0 Å². The summed E-state index contributed by atoms with van der Waals surface area (Å²) in [7, 11) is 0. The minimum Gasteiger partial charge on any atom is -0.451 e. The van der Waals surface area contributed by atoms with Gasteiger partial charge in [0.05, 0.1) is 13.2 Å². The van der Waals surface area contributed by atoms with Gasteiger partial charge in [-0.1, -0.05) is 24.3 Å². The van der Waals surface area contributed by atoms with E-state index in [1.165, 1.54) is 12.1 Å². The average molecular weight is 439 g/mol. The van der Waals surface area contributed by atoms with Crippen LogP contribution in [0.3, 0.4) is 0 Å². The van der Waals surface area contributed by atoms with E-state index in [0.29, 0.717) is 56.4 Å². The zero-order valence-electron chi connectivity index (χ0n) is 18.0. The molecule has 1 aromatic heterocycles. The van der Waals surface area contributed by atoms with E-state index < -0.39 is 5.82 Å². The van der Waals surface area contributed by atoms with E-state index in [1.807, 2.05) is 36.1 Å². The van der Waals surface area contributed by atoms with Crippen molar-refractivity contribution in [1.29, 1.82) is 0 Å². The van der Waals surface area contributed by atoms with Crippen LogP contribution in [-0.2, 0) is 16.1 Å². The molecule has 1 aliphatic heterocycles. The van der Waals surface area contributed by atoms with Gasteiger partial charge in [-0.2, -0.15) is 0 Å². The van der Waals surface area contributed by atoms with Crippen LogP contribution in [0, 0.1) is 5.82 Å². The molecule has 0 radical (unpaired) electrons. The van der Waals surface area contributed by atoms with E-state index in [9.17, 15) is 14.0 Å². The van der Waals surface area contributed by atoms with Crippen molar-refractivity contribution in [2.45, 2.75) is 13.5 Å². The number of hydrogen-bond acceptors (Lipinski definition) is 5. The topological polar surface area (TPSA) is 75.0 Å². The molecule has 32 heavy (non-hydrogen) atoms. The number of rotatable bonds is 7. The van der Waals surface area contributed by atoms with Gasteiger partial charge in [0.25, 0.3) is 5.91 Å². The van der Waals surface area contributed by atoms with Crippen molar-refractivity contribution < 1.29 is 23.1 Å². The molecule has 1 N–H and O–H groups in total. The van der Waals surface area contributed by atoms with Crippen LogP contribution < -0.4 is 5.32 Å². The second-order valence-corrected chi connectivity index (χ2v) is 7.67. The van der Waals surface area contributed by atoms with Gasteiger partial charge in [0.1, 0.15) is 11.4 Å². The zero-order chi connectivity index (χ0) is 22.5. The first-order valence-electron chi connectivity index (χ1n) is 10.7. The highest BCUT2D eigenvalue weighted by Crippen LogP contribution is 2.28. The SMILES string of the molecule is CCOCc1c(C(=O)N2CCN(CC(=O)Nc3cccc(F)c3)CC2)oc2ccccc12. The molecular formula is C24H26FN3O4. The fourth-order valence-electron chi connectivity index (χ4n) is 3.84. The first-order valence-corrected chi connectivity index (χ1v) is 10.7. The van der Waals surface area contributed by atoms with Gasteiger partial charge in [-0.05, 0) is 31.2 Å². The Bertz CT molecular complexity index is 1110. The smallest absolute Gasteiger partial charge is 0.290 e. The van der Waals surface area contributed by atoms with Crippen molar-refractivity contribution in [1.82, 2.24) is 9.80 Å². The maximum absolute atomic E-state index is 13.3. The number of carbonyl (C=O) groups is 2. The Kier molecular flexibility index (Phi) is 6.82. The van der Waals surface area contributed by atoms with Gasteiger partial charge < -0.3 is 19.4 Å². The summed E-state index contributed by atoms with van der Waals surface area (Å²) in [6, 6.07) is 13.4. The van der Waals surface area contributed by atoms with Gasteiger partial charge in [-0.15, -0.1) is 0 Å². The van der Waals surface area contributed by atoms with Crippen molar-refractivity contribution >= 4 is 28.5 Å². The highest BCUT2D eigenvalue weighted by Gasteiger charge is 2.28. The summed E-state index contributed by atoms with van der Waals surface area (Å²) in [5.41, 5.74) is 1.86. The Morgan fingerprint density at radius 3 is 2.62 bits per heavy atom. The predicted octanol–water partition coefficient (Wildman–Crippen LogP) is 3.50. The molecule has 1 saturated heterocycles. The summed E-state index contributed by atoms with van der Waals surface area (Å²) < 4.78 is 24.8. The second kappa shape index (κ2) is 9.93. The highest BCUT2D eigenvalue weighted by atomic mass is 19.1. The number of hydrogen-bond donors (Lipinski definition) is 1. The lowest BCUT2D eigenvalue weighted by Crippen LogP contribution is -2.50. The minimum absolute atomic E-state index is 0.167. The van der Waals surface area contributed by atoms with E-state index in [2.05, 4.69) is 5.32 Å². The maximum Gasteiger partial charge on any atom is 0.290 e. The van der Waals surface area contributed by atoms with Crippen LogP contribution in [-0.4, -0.2) is 60.9 Å². The summed E-state index contributed by atoms with van der Waals surface area (Å²) in [5, 5.41) is 3.59. The van der Waals surface area contributed by atoms with Crippen molar-refractivity contribution in [2.75, 3.05) is 44.6 Å². The molecule has 2 aromatic carbocycles. The summed E-state index contributed by atoms with van der Waals surface area (Å²) >= 11 is 0. The average Bonchev–Trinajstić information content (AvgIpc) is 3.16. The van der Waals surface area contributed by atoms with E-state index >= 15 is 0 Å². The molecule has 168 valence electrons. The van der Waals surface area contributed by atoms with Gasteiger partial charge in [0.15, 0.2) is 5.76 Å². The normalized spacial score (nSPS) is 14.6. The van der Waals surface area contributed by atoms with Gasteiger partial charge >= 0.3 is 0 Å². The predicted molar refractivity (Wildman–Crippen MR) is 119 cm³/mol. The van der Waals surface area contributed by atoms with Crippen LogP contribution in [0.4, 0.5) is 10.1 Å². The number of fused-ring (bicyclic) bond motifs is 1. The van der Waals surface area contributed by atoms with Crippen LogP contribution in [0.25, 0.3) is 11.0 Å². The third kappa shape index (κ3) is 4.98. The molecule has 1 fully saturated rings. The fourth-order valence-corrected chi connectivity index (χ4v) is 3.84. The first kappa shape index (κ1) is 22.0. The molecule has 1 aliphatic rings. The Morgan fingerprint density at radius 1 is 1.09 bits per heavy atom. The molecule has 2 heterocycles. The molecule has 8 heteroatoms. The Labute approximate surface area is 185 Å². The maximum atomic E-state index is 13.3. The van der Waals surface area contributed by atoms with E-state index in [1.54, 1.807) is 17.0 Å². The number of nitrogens with zero attached hydrogens (tertiary/aromatic N) is 2. The number of nitrogens with one attached hydrogen (secondary N) is 1. The van der Waals surface area contributed by atoms with Gasteiger partial charge in [0, 0.05) is 49.4 Å². The number of piperazine rings is 1. The van der Waals surface area contributed by atoms with Crippen molar-refractivity contribution in [3.8, 4) is 0 Å². The summed E-state index contributed by atoms with van der Waals surface area (Å²) in [6.45, 7) is 5.03. The summed E-state index contributed by atoms with van der Waals surface area (Å²) in [5.74, 6) is -0.465.